The first kappa shape index (κ1) is 10.5. The zero-order valence-corrected chi connectivity index (χ0v) is 6.60. The Morgan fingerprint density at radius 2 is 2.25 bits per heavy atom. The molecule has 5 heteroatoms. The van der Waals surface area contributed by atoms with Crippen LogP contribution in [0, 0.1) is 0 Å². The molecular formula is C7H11NO4. The number of carboxylic acid groups (broad SMARTS) is 1. The molecule has 0 aromatic carbocycles. The van der Waals surface area contributed by atoms with Crippen LogP contribution in [0.15, 0.2) is 22.8 Å². The number of hydrogen-bond acceptors (Lipinski definition) is 4. The van der Waals surface area contributed by atoms with Gasteiger partial charge in [-0.25, -0.2) is 0 Å². The van der Waals surface area contributed by atoms with Crippen molar-refractivity contribution in [2.75, 3.05) is 0 Å². The van der Waals surface area contributed by atoms with Gasteiger partial charge < -0.3 is 20.4 Å². The smallest absolute Gasteiger partial charge is 0.320 e. The standard InChI is InChI=1S/C4H4O2.C3H7NO2/c5-4-2-1-3-6-4;1-2(4)3(5)6/h1-3,5H;2H,4H2,1H3,(H,5,6)/t;2-/m.0/s1. The van der Waals surface area contributed by atoms with Gasteiger partial charge in [0.15, 0.2) is 0 Å². The first-order valence-corrected chi connectivity index (χ1v) is 3.25. The van der Waals surface area contributed by atoms with Crippen molar-refractivity contribution >= 4 is 5.97 Å². The Morgan fingerprint density at radius 1 is 1.75 bits per heavy atom. The number of nitrogens with two attached hydrogens (primary N) is 1. The minimum Gasteiger partial charge on any atom is -0.481 e. The number of hydrogen-bond donors (Lipinski definition) is 3. The van der Waals surface area contributed by atoms with Gasteiger partial charge >= 0.3 is 5.97 Å². The van der Waals surface area contributed by atoms with Crippen molar-refractivity contribution in [1.82, 2.24) is 0 Å². The third-order valence-corrected chi connectivity index (χ3v) is 0.896. The quantitative estimate of drug-likeness (QED) is 0.571. The van der Waals surface area contributed by atoms with E-state index in [2.05, 4.69) is 4.42 Å². The van der Waals surface area contributed by atoms with E-state index in [9.17, 15) is 4.79 Å². The van der Waals surface area contributed by atoms with Crippen LogP contribution in [0.5, 0.6) is 5.95 Å². The van der Waals surface area contributed by atoms with Gasteiger partial charge in [0, 0.05) is 6.07 Å². The maximum atomic E-state index is 9.57. The lowest BCUT2D eigenvalue weighted by molar-refractivity contribution is -0.138. The van der Waals surface area contributed by atoms with E-state index in [4.69, 9.17) is 15.9 Å². The zero-order chi connectivity index (χ0) is 9.56. The Bertz CT molecular complexity index is 217. The molecule has 0 radical (unpaired) electrons. The fourth-order valence-corrected chi connectivity index (χ4v) is 0.270. The molecule has 12 heavy (non-hydrogen) atoms. The van der Waals surface area contributed by atoms with Gasteiger partial charge in [-0.1, -0.05) is 0 Å². The van der Waals surface area contributed by atoms with E-state index in [1.165, 1.54) is 19.3 Å². The van der Waals surface area contributed by atoms with E-state index in [-0.39, 0.29) is 5.95 Å². The molecule has 0 amide bonds. The summed E-state index contributed by atoms with van der Waals surface area (Å²) in [5.41, 5.74) is 4.84. The van der Waals surface area contributed by atoms with Gasteiger partial charge in [0.1, 0.15) is 6.04 Å². The maximum Gasteiger partial charge on any atom is 0.320 e. The molecule has 68 valence electrons. The Morgan fingerprint density at radius 3 is 2.33 bits per heavy atom. The van der Waals surface area contributed by atoms with Crippen LogP contribution in [-0.4, -0.2) is 22.2 Å². The summed E-state index contributed by atoms with van der Waals surface area (Å²) in [6.07, 6.45) is 1.41. The topological polar surface area (TPSA) is 96.7 Å². The number of aliphatic carboxylic acids is 1. The van der Waals surface area contributed by atoms with E-state index < -0.39 is 12.0 Å². The number of furan rings is 1. The van der Waals surface area contributed by atoms with E-state index in [0.29, 0.717) is 0 Å². The van der Waals surface area contributed by atoms with Crippen LogP contribution in [0.4, 0.5) is 0 Å². The summed E-state index contributed by atoms with van der Waals surface area (Å²) in [6, 6.07) is 2.36. The zero-order valence-electron chi connectivity index (χ0n) is 6.60. The second-order valence-corrected chi connectivity index (χ2v) is 2.08. The Balaban J connectivity index is 0.000000202. The molecule has 1 heterocycles. The van der Waals surface area contributed by atoms with E-state index >= 15 is 0 Å². The van der Waals surface area contributed by atoms with Crippen LogP contribution < -0.4 is 5.73 Å². The van der Waals surface area contributed by atoms with Gasteiger partial charge in [-0.05, 0) is 13.0 Å². The summed E-state index contributed by atoms with van der Waals surface area (Å²) in [5, 5.41) is 16.2. The number of rotatable bonds is 1. The summed E-state index contributed by atoms with van der Waals surface area (Å²) < 4.78 is 4.39. The molecule has 0 saturated carbocycles. The minimum atomic E-state index is -0.963. The molecule has 0 spiro atoms. The molecule has 0 bridgehead atoms. The predicted molar refractivity (Wildman–Crippen MR) is 41.7 cm³/mol. The number of carbonyl (C=O) groups is 1. The molecule has 0 aliphatic heterocycles. The lowest BCUT2D eigenvalue weighted by Gasteiger charge is -1.90. The maximum absolute atomic E-state index is 9.57. The summed E-state index contributed by atoms with van der Waals surface area (Å²) in [6.45, 7) is 1.42. The Labute approximate surface area is 69.4 Å². The van der Waals surface area contributed by atoms with Crippen molar-refractivity contribution in [3.05, 3.63) is 18.4 Å². The Kier molecular flexibility index (Phi) is 4.55. The molecule has 0 aliphatic rings. The van der Waals surface area contributed by atoms with Gasteiger partial charge in [0.05, 0.1) is 6.26 Å². The molecule has 0 aliphatic carbocycles. The van der Waals surface area contributed by atoms with E-state index in [1.54, 1.807) is 6.07 Å². The molecule has 4 N–H and O–H groups in total. The summed E-state index contributed by atoms with van der Waals surface area (Å²) in [4.78, 5) is 9.57. The highest BCUT2D eigenvalue weighted by atomic mass is 16.5. The second-order valence-electron chi connectivity index (χ2n) is 2.08. The number of carboxylic acids is 1. The lowest BCUT2D eigenvalue weighted by Crippen LogP contribution is -2.25. The Hall–Kier alpha value is -1.49. The van der Waals surface area contributed by atoms with Crippen LogP contribution in [0.1, 0.15) is 6.92 Å². The summed E-state index contributed by atoms with van der Waals surface area (Å²) >= 11 is 0. The normalized spacial score (nSPS) is 11.2. The average molecular weight is 173 g/mol. The first-order chi connectivity index (χ1) is 5.54. The van der Waals surface area contributed by atoms with Crippen molar-refractivity contribution in [2.45, 2.75) is 13.0 Å². The highest BCUT2D eigenvalue weighted by Gasteiger charge is 1.99. The van der Waals surface area contributed by atoms with Crippen LogP contribution in [0.2, 0.25) is 0 Å². The summed E-state index contributed by atoms with van der Waals surface area (Å²) in [5.74, 6) is -0.995. The third kappa shape index (κ3) is 5.31. The van der Waals surface area contributed by atoms with Crippen molar-refractivity contribution in [2.24, 2.45) is 5.73 Å². The van der Waals surface area contributed by atoms with Crippen molar-refractivity contribution in [3.8, 4) is 5.95 Å². The lowest BCUT2D eigenvalue weighted by atomic mass is 10.4. The first-order valence-electron chi connectivity index (χ1n) is 3.25. The molecule has 1 aromatic heterocycles. The molecule has 5 nitrogen and oxygen atoms in total. The van der Waals surface area contributed by atoms with Gasteiger partial charge in [0.25, 0.3) is 5.95 Å². The number of aromatic hydroxyl groups is 1. The van der Waals surface area contributed by atoms with E-state index in [1.807, 2.05) is 0 Å². The van der Waals surface area contributed by atoms with Crippen LogP contribution >= 0.6 is 0 Å². The fourth-order valence-electron chi connectivity index (χ4n) is 0.270. The highest BCUT2D eigenvalue weighted by molar-refractivity contribution is 5.72. The minimum absolute atomic E-state index is 0.0324. The monoisotopic (exact) mass is 173 g/mol. The second kappa shape index (κ2) is 5.20. The van der Waals surface area contributed by atoms with Gasteiger partial charge in [-0.15, -0.1) is 0 Å². The molecule has 1 rings (SSSR count). The largest absolute Gasteiger partial charge is 0.481 e. The van der Waals surface area contributed by atoms with Gasteiger partial charge in [-0.2, -0.15) is 0 Å². The molecule has 1 atom stereocenters. The van der Waals surface area contributed by atoms with Crippen LogP contribution in [-0.2, 0) is 4.79 Å². The molecule has 0 unspecified atom stereocenters. The van der Waals surface area contributed by atoms with Crippen LogP contribution in [0.3, 0.4) is 0 Å². The van der Waals surface area contributed by atoms with Crippen LogP contribution in [0.25, 0.3) is 0 Å². The third-order valence-electron chi connectivity index (χ3n) is 0.896. The average Bonchev–Trinajstić information content (AvgIpc) is 2.40. The molecule has 0 fully saturated rings. The predicted octanol–water partition coefficient (Wildman–Crippen LogP) is 0.403. The molecule has 1 aromatic rings. The van der Waals surface area contributed by atoms with Crippen molar-refractivity contribution in [3.63, 3.8) is 0 Å². The molecular weight excluding hydrogens is 162 g/mol. The van der Waals surface area contributed by atoms with E-state index in [0.717, 1.165) is 0 Å². The van der Waals surface area contributed by atoms with Gasteiger partial charge in [-0.3, -0.25) is 4.79 Å². The van der Waals surface area contributed by atoms with Crippen molar-refractivity contribution < 1.29 is 19.4 Å². The summed E-state index contributed by atoms with van der Waals surface area (Å²) in [7, 11) is 0. The highest BCUT2D eigenvalue weighted by Crippen LogP contribution is 2.04. The molecule has 0 saturated heterocycles. The fraction of sp³-hybridized carbons (Fsp3) is 0.286. The van der Waals surface area contributed by atoms with Crippen molar-refractivity contribution in [1.29, 1.82) is 0 Å². The SMILES string of the molecule is C[C@H](N)C(=O)O.Oc1ccco1. The van der Waals surface area contributed by atoms with Gasteiger partial charge in [0.2, 0.25) is 0 Å².